The summed E-state index contributed by atoms with van der Waals surface area (Å²) in [4.78, 5) is 24.6. The zero-order valence-electron chi connectivity index (χ0n) is 16.7. The molecule has 1 aromatic heterocycles. The highest BCUT2D eigenvalue weighted by atomic mass is 35.5. The molecule has 2 aromatic carbocycles. The van der Waals surface area contributed by atoms with Crippen molar-refractivity contribution < 1.29 is 18.8 Å². The molecule has 0 aliphatic carbocycles. The van der Waals surface area contributed by atoms with Crippen LogP contribution in [0.3, 0.4) is 0 Å². The maximum absolute atomic E-state index is 14.3. The Kier molecular flexibility index (Phi) is 7.01. The van der Waals surface area contributed by atoms with Gasteiger partial charge in [0.15, 0.2) is 11.6 Å². The number of piperazine rings is 1. The molecule has 1 fully saturated rings. The Morgan fingerprint density at radius 2 is 1.66 bits per heavy atom. The first-order chi connectivity index (χ1) is 14.9. The van der Waals surface area contributed by atoms with Crippen molar-refractivity contribution in [3.63, 3.8) is 0 Å². The maximum atomic E-state index is 14.3. The highest BCUT2D eigenvalue weighted by Crippen LogP contribution is 2.26. The molecule has 4 rings (SSSR count). The van der Waals surface area contributed by atoms with Crippen LogP contribution in [0.15, 0.2) is 53.1 Å². The Morgan fingerprint density at radius 1 is 0.969 bits per heavy atom. The minimum absolute atomic E-state index is 0. The van der Waals surface area contributed by atoms with Gasteiger partial charge in [-0.3, -0.25) is 25.1 Å². The standard InChI is InChI=1S/C20H18FN5O5.ClH/c21-18-11-16(26(29)30)4-5-20(18)24-8-6-23(7-9-24)13-17-12-19(22-31-17)14-2-1-3-15(10-14)25(27)28;/h1-5,10-12H,6-9,13H2;1H. The molecule has 0 N–H and O–H groups in total. The van der Waals surface area contributed by atoms with E-state index in [-0.39, 0.29) is 23.8 Å². The molecule has 0 bridgehead atoms. The summed E-state index contributed by atoms with van der Waals surface area (Å²) in [7, 11) is 0. The van der Waals surface area contributed by atoms with E-state index >= 15 is 0 Å². The molecular formula is C20H19ClFN5O5. The lowest BCUT2D eigenvalue weighted by Crippen LogP contribution is -2.46. The van der Waals surface area contributed by atoms with Gasteiger partial charge in [0.05, 0.1) is 28.1 Å². The molecular weight excluding hydrogens is 445 g/mol. The van der Waals surface area contributed by atoms with Crippen LogP contribution in [0.5, 0.6) is 0 Å². The summed E-state index contributed by atoms with van der Waals surface area (Å²) >= 11 is 0. The van der Waals surface area contributed by atoms with E-state index in [9.17, 15) is 24.6 Å². The highest BCUT2D eigenvalue weighted by molar-refractivity contribution is 5.85. The van der Waals surface area contributed by atoms with E-state index in [4.69, 9.17) is 4.52 Å². The number of nitro groups is 2. The lowest BCUT2D eigenvalue weighted by Gasteiger charge is -2.35. The van der Waals surface area contributed by atoms with Crippen molar-refractivity contribution in [2.45, 2.75) is 6.54 Å². The van der Waals surface area contributed by atoms with Crippen molar-refractivity contribution in [2.24, 2.45) is 0 Å². The summed E-state index contributed by atoms with van der Waals surface area (Å²) in [6, 6.07) is 11.6. The van der Waals surface area contributed by atoms with Gasteiger partial charge < -0.3 is 9.42 Å². The molecule has 0 saturated carbocycles. The third-order valence-electron chi connectivity index (χ3n) is 5.15. The van der Waals surface area contributed by atoms with E-state index in [1.165, 1.54) is 24.3 Å². The Labute approximate surface area is 187 Å². The van der Waals surface area contributed by atoms with E-state index in [0.29, 0.717) is 55.4 Å². The lowest BCUT2D eigenvalue weighted by molar-refractivity contribution is -0.385. The van der Waals surface area contributed by atoms with Gasteiger partial charge in [-0.1, -0.05) is 17.3 Å². The molecule has 2 heterocycles. The van der Waals surface area contributed by atoms with Gasteiger partial charge in [0.2, 0.25) is 0 Å². The van der Waals surface area contributed by atoms with Gasteiger partial charge in [0.25, 0.3) is 11.4 Å². The van der Waals surface area contributed by atoms with Crippen molar-refractivity contribution in [1.82, 2.24) is 10.1 Å². The fourth-order valence-corrected chi connectivity index (χ4v) is 3.54. The quantitative estimate of drug-likeness (QED) is 0.397. The van der Waals surface area contributed by atoms with Gasteiger partial charge in [-0.25, -0.2) is 4.39 Å². The van der Waals surface area contributed by atoms with Crippen LogP contribution in [0.2, 0.25) is 0 Å². The molecule has 0 radical (unpaired) electrons. The van der Waals surface area contributed by atoms with E-state index in [2.05, 4.69) is 10.1 Å². The first kappa shape index (κ1) is 23.1. The Morgan fingerprint density at radius 3 is 2.31 bits per heavy atom. The summed E-state index contributed by atoms with van der Waals surface area (Å²) in [5.74, 6) is 0.0101. The van der Waals surface area contributed by atoms with E-state index in [0.717, 1.165) is 6.07 Å². The van der Waals surface area contributed by atoms with E-state index in [1.807, 2.05) is 4.90 Å². The zero-order valence-corrected chi connectivity index (χ0v) is 17.5. The molecule has 168 valence electrons. The maximum Gasteiger partial charge on any atom is 0.272 e. The Balaban J connectivity index is 0.00000289. The van der Waals surface area contributed by atoms with Crippen molar-refractivity contribution in [3.05, 3.63) is 80.3 Å². The molecule has 1 aliphatic heterocycles. The number of rotatable bonds is 6. The molecule has 0 amide bonds. The van der Waals surface area contributed by atoms with E-state index in [1.54, 1.807) is 18.2 Å². The molecule has 32 heavy (non-hydrogen) atoms. The van der Waals surface area contributed by atoms with Gasteiger partial charge in [-0.05, 0) is 6.07 Å². The van der Waals surface area contributed by atoms with Crippen LogP contribution in [0.4, 0.5) is 21.5 Å². The smallest absolute Gasteiger partial charge is 0.272 e. The van der Waals surface area contributed by atoms with Crippen LogP contribution in [-0.4, -0.2) is 46.1 Å². The normalized spacial score (nSPS) is 14.1. The third kappa shape index (κ3) is 5.01. The molecule has 12 heteroatoms. The SMILES string of the molecule is Cl.O=[N+]([O-])c1cccc(-c2cc(CN3CCN(c4ccc([N+](=O)[O-])cc4F)CC3)on2)c1. The number of halogens is 2. The second-order valence-corrected chi connectivity index (χ2v) is 7.14. The van der Waals surface area contributed by atoms with E-state index < -0.39 is 15.7 Å². The summed E-state index contributed by atoms with van der Waals surface area (Å²) in [5, 5.41) is 25.7. The fourth-order valence-electron chi connectivity index (χ4n) is 3.54. The second kappa shape index (κ2) is 9.71. The van der Waals surface area contributed by atoms with Crippen LogP contribution in [0, 0.1) is 26.0 Å². The number of non-ortho nitro benzene ring substituents is 2. The van der Waals surface area contributed by atoms with Crippen molar-refractivity contribution in [1.29, 1.82) is 0 Å². The van der Waals surface area contributed by atoms with Crippen LogP contribution in [-0.2, 0) is 6.54 Å². The van der Waals surface area contributed by atoms with Gasteiger partial charge in [0, 0.05) is 56.0 Å². The number of nitrogens with zero attached hydrogens (tertiary/aromatic N) is 5. The number of hydrogen-bond acceptors (Lipinski definition) is 8. The van der Waals surface area contributed by atoms with Crippen LogP contribution in [0.25, 0.3) is 11.3 Å². The van der Waals surface area contributed by atoms with Gasteiger partial charge >= 0.3 is 0 Å². The minimum Gasteiger partial charge on any atom is -0.367 e. The monoisotopic (exact) mass is 463 g/mol. The predicted molar refractivity (Wildman–Crippen MR) is 116 cm³/mol. The largest absolute Gasteiger partial charge is 0.367 e. The Bertz CT molecular complexity index is 1130. The first-order valence-electron chi connectivity index (χ1n) is 9.52. The molecule has 3 aromatic rings. The van der Waals surface area contributed by atoms with Crippen LogP contribution < -0.4 is 4.90 Å². The third-order valence-corrected chi connectivity index (χ3v) is 5.15. The first-order valence-corrected chi connectivity index (χ1v) is 9.52. The van der Waals surface area contributed by atoms with Gasteiger partial charge in [-0.15, -0.1) is 12.4 Å². The van der Waals surface area contributed by atoms with Crippen molar-refractivity contribution in [3.8, 4) is 11.3 Å². The Hall–Kier alpha value is -3.57. The predicted octanol–water partition coefficient (Wildman–Crippen LogP) is 4.04. The molecule has 0 spiro atoms. The summed E-state index contributed by atoms with van der Waals surface area (Å²) in [5.41, 5.74) is 1.17. The molecule has 1 saturated heterocycles. The average molecular weight is 464 g/mol. The highest BCUT2D eigenvalue weighted by Gasteiger charge is 2.22. The summed E-state index contributed by atoms with van der Waals surface area (Å²) in [6.07, 6.45) is 0. The van der Waals surface area contributed by atoms with Crippen LogP contribution in [0.1, 0.15) is 5.76 Å². The van der Waals surface area contributed by atoms with Gasteiger partial charge in [0.1, 0.15) is 5.69 Å². The second-order valence-electron chi connectivity index (χ2n) is 7.14. The lowest BCUT2D eigenvalue weighted by atomic mass is 10.1. The van der Waals surface area contributed by atoms with Gasteiger partial charge in [-0.2, -0.15) is 0 Å². The number of nitro benzene ring substituents is 2. The zero-order chi connectivity index (χ0) is 22.0. The average Bonchev–Trinajstić information content (AvgIpc) is 3.23. The fraction of sp³-hybridized carbons (Fsp3) is 0.250. The number of benzene rings is 2. The molecule has 1 aliphatic rings. The topological polar surface area (TPSA) is 119 Å². The van der Waals surface area contributed by atoms with Crippen molar-refractivity contribution in [2.75, 3.05) is 31.1 Å². The summed E-state index contributed by atoms with van der Waals surface area (Å²) in [6.45, 7) is 2.90. The molecule has 10 nitrogen and oxygen atoms in total. The number of hydrogen-bond donors (Lipinski definition) is 0. The van der Waals surface area contributed by atoms with Crippen molar-refractivity contribution >= 4 is 29.5 Å². The number of aromatic nitrogens is 1. The minimum atomic E-state index is -0.621. The molecule has 0 unspecified atom stereocenters. The molecule has 0 atom stereocenters. The van der Waals surface area contributed by atoms with Crippen LogP contribution >= 0.6 is 12.4 Å². The summed E-state index contributed by atoms with van der Waals surface area (Å²) < 4.78 is 19.6. The number of anilines is 1.